The van der Waals surface area contributed by atoms with Crippen LogP contribution in [0.4, 0.5) is 0 Å². The van der Waals surface area contributed by atoms with Crippen molar-refractivity contribution in [1.29, 1.82) is 0 Å². The SMILES string of the molecule is C[C@@H](NC(=O)C1CCCN1)c1cccs1. The van der Waals surface area contributed by atoms with E-state index in [0.29, 0.717) is 0 Å². The molecule has 1 aliphatic rings. The number of nitrogens with one attached hydrogen (secondary N) is 2. The van der Waals surface area contributed by atoms with E-state index in [0.717, 1.165) is 19.4 Å². The summed E-state index contributed by atoms with van der Waals surface area (Å²) in [5, 5.41) is 8.27. The highest BCUT2D eigenvalue weighted by molar-refractivity contribution is 7.10. The molecule has 1 aliphatic heterocycles. The van der Waals surface area contributed by atoms with E-state index in [1.54, 1.807) is 11.3 Å². The predicted molar refractivity (Wildman–Crippen MR) is 61.9 cm³/mol. The summed E-state index contributed by atoms with van der Waals surface area (Å²) in [5.74, 6) is 0.133. The maximum Gasteiger partial charge on any atom is 0.237 e. The summed E-state index contributed by atoms with van der Waals surface area (Å²) in [6.07, 6.45) is 2.06. The molecule has 0 saturated carbocycles. The molecule has 2 atom stereocenters. The lowest BCUT2D eigenvalue weighted by atomic mass is 10.2. The molecule has 1 saturated heterocycles. The highest BCUT2D eigenvalue weighted by Crippen LogP contribution is 2.18. The lowest BCUT2D eigenvalue weighted by Gasteiger charge is -2.15. The van der Waals surface area contributed by atoms with E-state index in [9.17, 15) is 4.79 Å². The van der Waals surface area contributed by atoms with Crippen LogP contribution in [0.5, 0.6) is 0 Å². The molecule has 1 amide bonds. The topological polar surface area (TPSA) is 41.1 Å². The zero-order valence-corrected chi connectivity index (χ0v) is 9.64. The summed E-state index contributed by atoms with van der Waals surface area (Å²) < 4.78 is 0. The molecule has 2 heterocycles. The Labute approximate surface area is 93.9 Å². The first kappa shape index (κ1) is 10.6. The third-order valence-electron chi connectivity index (χ3n) is 2.71. The second-order valence-electron chi connectivity index (χ2n) is 3.89. The van der Waals surface area contributed by atoms with Gasteiger partial charge in [0.15, 0.2) is 0 Å². The van der Waals surface area contributed by atoms with Gasteiger partial charge in [0.05, 0.1) is 12.1 Å². The second kappa shape index (κ2) is 4.77. The van der Waals surface area contributed by atoms with Gasteiger partial charge in [-0.25, -0.2) is 0 Å². The third-order valence-corrected chi connectivity index (χ3v) is 3.76. The minimum atomic E-state index is 0.0208. The minimum absolute atomic E-state index is 0.0208. The fraction of sp³-hybridized carbons (Fsp3) is 0.545. The van der Waals surface area contributed by atoms with Crippen LogP contribution in [0.15, 0.2) is 17.5 Å². The van der Waals surface area contributed by atoms with Crippen molar-refractivity contribution in [3.63, 3.8) is 0 Å². The summed E-state index contributed by atoms with van der Waals surface area (Å²) in [4.78, 5) is 13.0. The Bertz CT molecular complexity index is 317. The largest absolute Gasteiger partial charge is 0.347 e. The normalized spacial score (nSPS) is 22.6. The molecule has 1 fully saturated rings. The fourth-order valence-electron chi connectivity index (χ4n) is 1.83. The maximum absolute atomic E-state index is 11.8. The Hall–Kier alpha value is -0.870. The van der Waals surface area contributed by atoms with E-state index >= 15 is 0 Å². The van der Waals surface area contributed by atoms with Crippen LogP contribution < -0.4 is 10.6 Å². The van der Waals surface area contributed by atoms with Crippen LogP contribution in [0.25, 0.3) is 0 Å². The Balaban J connectivity index is 1.88. The highest BCUT2D eigenvalue weighted by Gasteiger charge is 2.23. The first-order chi connectivity index (χ1) is 7.27. The van der Waals surface area contributed by atoms with Crippen LogP contribution in [0, 0.1) is 0 Å². The average Bonchev–Trinajstić information content (AvgIpc) is 2.91. The van der Waals surface area contributed by atoms with Crippen molar-refractivity contribution in [3.05, 3.63) is 22.4 Å². The summed E-state index contributed by atoms with van der Waals surface area (Å²) in [6, 6.07) is 4.21. The van der Waals surface area contributed by atoms with Gasteiger partial charge in [-0.2, -0.15) is 0 Å². The van der Waals surface area contributed by atoms with Gasteiger partial charge in [-0.3, -0.25) is 4.79 Å². The van der Waals surface area contributed by atoms with Gasteiger partial charge in [-0.1, -0.05) is 6.07 Å². The molecular formula is C11H16N2OS. The van der Waals surface area contributed by atoms with Gasteiger partial charge >= 0.3 is 0 Å². The zero-order valence-electron chi connectivity index (χ0n) is 8.82. The molecule has 0 radical (unpaired) electrons. The molecule has 2 N–H and O–H groups in total. The van der Waals surface area contributed by atoms with Crippen LogP contribution in [-0.4, -0.2) is 18.5 Å². The number of rotatable bonds is 3. The van der Waals surface area contributed by atoms with Gasteiger partial charge in [0, 0.05) is 4.88 Å². The number of hydrogen-bond donors (Lipinski definition) is 2. The van der Waals surface area contributed by atoms with E-state index in [1.165, 1.54) is 4.88 Å². The number of hydrogen-bond acceptors (Lipinski definition) is 3. The van der Waals surface area contributed by atoms with E-state index in [-0.39, 0.29) is 18.0 Å². The van der Waals surface area contributed by atoms with Crippen LogP contribution in [0.3, 0.4) is 0 Å². The van der Waals surface area contributed by atoms with Crippen molar-refractivity contribution in [2.75, 3.05) is 6.54 Å². The van der Waals surface area contributed by atoms with Crippen molar-refractivity contribution in [3.8, 4) is 0 Å². The van der Waals surface area contributed by atoms with E-state index in [2.05, 4.69) is 16.7 Å². The third kappa shape index (κ3) is 2.58. The molecule has 1 aromatic heterocycles. The molecule has 0 spiro atoms. The molecule has 0 bridgehead atoms. The van der Waals surface area contributed by atoms with Crippen LogP contribution >= 0.6 is 11.3 Å². The smallest absolute Gasteiger partial charge is 0.237 e. The maximum atomic E-state index is 11.8. The van der Waals surface area contributed by atoms with E-state index < -0.39 is 0 Å². The lowest BCUT2D eigenvalue weighted by molar-refractivity contribution is -0.123. The number of amides is 1. The quantitative estimate of drug-likeness (QED) is 0.820. The molecular weight excluding hydrogens is 208 g/mol. The van der Waals surface area contributed by atoms with Crippen LogP contribution in [0.2, 0.25) is 0 Å². The number of thiophene rings is 1. The van der Waals surface area contributed by atoms with Gasteiger partial charge in [0.25, 0.3) is 0 Å². The fourth-order valence-corrected chi connectivity index (χ4v) is 2.57. The van der Waals surface area contributed by atoms with Crippen molar-refractivity contribution < 1.29 is 4.79 Å². The summed E-state index contributed by atoms with van der Waals surface area (Å²) in [5.41, 5.74) is 0. The van der Waals surface area contributed by atoms with Crippen LogP contribution in [0.1, 0.15) is 30.7 Å². The molecule has 3 nitrogen and oxygen atoms in total. The first-order valence-electron chi connectivity index (χ1n) is 5.34. The van der Waals surface area contributed by atoms with E-state index in [1.807, 2.05) is 18.4 Å². The molecule has 4 heteroatoms. The molecule has 1 aromatic rings. The Kier molecular flexibility index (Phi) is 3.38. The predicted octanol–water partition coefficient (Wildman–Crippen LogP) is 1.68. The lowest BCUT2D eigenvalue weighted by Crippen LogP contribution is -2.41. The van der Waals surface area contributed by atoms with Gasteiger partial charge in [-0.15, -0.1) is 11.3 Å². The zero-order chi connectivity index (χ0) is 10.7. The molecule has 0 aromatic carbocycles. The van der Waals surface area contributed by atoms with Gasteiger partial charge < -0.3 is 10.6 Å². The number of carbonyl (C=O) groups is 1. The summed E-state index contributed by atoms with van der Waals surface area (Å²) >= 11 is 1.68. The number of carbonyl (C=O) groups excluding carboxylic acids is 1. The molecule has 82 valence electrons. The first-order valence-corrected chi connectivity index (χ1v) is 6.22. The van der Waals surface area contributed by atoms with E-state index in [4.69, 9.17) is 0 Å². The second-order valence-corrected chi connectivity index (χ2v) is 4.87. The Morgan fingerprint density at radius 3 is 3.20 bits per heavy atom. The van der Waals surface area contributed by atoms with Crippen molar-refractivity contribution >= 4 is 17.2 Å². The molecule has 15 heavy (non-hydrogen) atoms. The summed E-state index contributed by atoms with van der Waals surface area (Å²) in [7, 11) is 0. The van der Waals surface area contributed by atoms with Gasteiger partial charge in [0.1, 0.15) is 0 Å². The van der Waals surface area contributed by atoms with Crippen molar-refractivity contribution in [2.24, 2.45) is 0 Å². The molecule has 2 rings (SSSR count). The van der Waals surface area contributed by atoms with Gasteiger partial charge in [-0.05, 0) is 37.8 Å². The van der Waals surface area contributed by atoms with Crippen molar-refractivity contribution in [1.82, 2.24) is 10.6 Å². The Morgan fingerprint density at radius 2 is 2.60 bits per heavy atom. The van der Waals surface area contributed by atoms with Gasteiger partial charge in [0.2, 0.25) is 5.91 Å². The standard InChI is InChI=1S/C11H16N2OS/c1-8(10-5-3-7-15-10)13-11(14)9-4-2-6-12-9/h3,5,7-9,12H,2,4,6H2,1H3,(H,13,14)/t8-,9?/m1/s1. The average molecular weight is 224 g/mol. The summed E-state index contributed by atoms with van der Waals surface area (Å²) in [6.45, 7) is 2.99. The molecule has 0 aliphatic carbocycles. The minimum Gasteiger partial charge on any atom is -0.347 e. The van der Waals surface area contributed by atoms with Crippen molar-refractivity contribution in [2.45, 2.75) is 31.8 Å². The monoisotopic (exact) mass is 224 g/mol. The van der Waals surface area contributed by atoms with Crippen LogP contribution in [-0.2, 0) is 4.79 Å². The highest BCUT2D eigenvalue weighted by atomic mass is 32.1. The Morgan fingerprint density at radius 1 is 1.73 bits per heavy atom. The molecule has 1 unspecified atom stereocenters.